The van der Waals surface area contributed by atoms with Crippen LogP contribution in [0.5, 0.6) is 5.88 Å². The number of carbonyl (C=O) groups excluding carboxylic acids is 2. The first-order chi connectivity index (χ1) is 13.2. The number of rotatable bonds is 6. The number of carbonyl (C=O) groups is 2. The second-order valence-corrected chi connectivity index (χ2v) is 5.60. The zero-order chi connectivity index (χ0) is 19.1. The van der Waals surface area contributed by atoms with Crippen LogP contribution in [0.2, 0.25) is 0 Å². The van der Waals surface area contributed by atoms with E-state index in [9.17, 15) is 9.59 Å². The zero-order valence-electron chi connectivity index (χ0n) is 14.7. The van der Waals surface area contributed by atoms with Crippen LogP contribution in [0.3, 0.4) is 0 Å². The average Bonchev–Trinajstić information content (AvgIpc) is 2.73. The van der Waals surface area contributed by atoms with Crippen molar-refractivity contribution in [3.63, 3.8) is 0 Å². The number of nitrogens with one attached hydrogen (secondary N) is 2. The maximum atomic E-state index is 12.4. The first-order valence-electron chi connectivity index (χ1n) is 8.26. The molecule has 2 N–H and O–H groups in total. The summed E-state index contributed by atoms with van der Waals surface area (Å²) in [5.41, 5.74) is 2.00. The topological polar surface area (TPSA) is 93.2 Å². The Kier molecular flexibility index (Phi) is 5.73. The molecule has 0 saturated carbocycles. The number of benzene rings is 1. The fourth-order valence-corrected chi connectivity index (χ4v) is 2.44. The lowest BCUT2D eigenvalue weighted by molar-refractivity contribution is 0.0949. The van der Waals surface area contributed by atoms with E-state index in [1.54, 1.807) is 48.8 Å². The van der Waals surface area contributed by atoms with Crippen molar-refractivity contribution in [2.24, 2.45) is 0 Å². The lowest BCUT2D eigenvalue weighted by atomic mass is 10.1. The number of nitrogens with zero attached hydrogens (tertiary/aromatic N) is 2. The number of hydrogen-bond donors (Lipinski definition) is 2. The Morgan fingerprint density at radius 1 is 0.963 bits per heavy atom. The van der Waals surface area contributed by atoms with Crippen molar-refractivity contribution in [2.45, 2.75) is 6.54 Å². The number of ether oxygens (including phenoxy) is 1. The number of methoxy groups -OCH3 is 1. The van der Waals surface area contributed by atoms with E-state index in [0.717, 1.165) is 5.69 Å². The number of amides is 2. The average molecular weight is 362 g/mol. The molecule has 0 aliphatic rings. The van der Waals surface area contributed by atoms with Crippen molar-refractivity contribution in [3.8, 4) is 5.88 Å². The second-order valence-electron chi connectivity index (χ2n) is 5.60. The molecule has 0 aliphatic heterocycles. The minimum atomic E-state index is -0.369. The number of pyridine rings is 2. The molecule has 0 aliphatic carbocycles. The molecule has 0 spiro atoms. The highest BCUT2D eigenvalue weighted by Gasteiger charge is 2.14. The van der Waals surface area contributed by atoms with Crippen LogP contribution in [-0.4, -0.2) is 28.9 Å². The van der Waals surface area contributed by atoms with Crippen molar-refractivity contribution in [2.75, 3.05) is 12.4 Å². The van der Waals surface area contributed by atoms with Crippen molar-refractivity contribution in [3.05, 3.63) is 83.8 Å². The van der Waals surface area contributed by atoms with Crippen LogP contribution < -0.4 is 15.4 Å². The molecule has 3 rings (SSSR count). The molecule has 0 radical (unpaired) electrons. The molecule has 0 atom stereocenters. The van der Waals surface area contributed by atoms with Gasteiger partial charge in [0.25, 0.3) is 11.8 Å². The Morgan fingerprint density at radius 2 is 1.81 bits per heavy atom. The van der Waals surface area contributed by atoms with Gasteiger partial charge < -0.3 is 15.4 Å². The summed E-state index contributed by atoms with van der Waals surface area (Å²) in [6.45, 7) is 0.323. The van der Waals surface area contributed by atoms with Gasteiger partial charge in [0.2, 0.25) is 5.88 Å². The lowest BCUT2D eigenvalue weighted by Gasteiger charge is -2.10. The molecule has 7 nitrogen and oxygen atoms in total. The van der Waals surface area contributed by atoms with Gasteiger partial charge in [-0.25, -0.2) is 4.98 Å². The van der Waals surface area contributed by atoms with Crippen LogP contribution >= 0.6 is 0 Å². The lowest BCUT2D eigenvalue weighted by Crippen LogP contribution is -2.23. The Bertz CT molecular complexity index is 945. The number of anilines is 1. The van der Waals surface area contributed by atoms with Crippen molar-refractivity contribution in [1.82, 2.24) is 15.3 Å². The molecule has 2 aromatic heterocycles. The van der Waals surface area contributed by atoms with Gasteiger partial charge >= 0.3 is 0 Å². The summed E-state index contributed by atoms with van der Waals surface area (Å²) >= 11 is 0. The smallest absolute Gasteiger partial charge is 0.261 e. The molecule has 0 unspecified atom stereocenters. The SMILES string of the molecule is COc1ncccc1C(=O)Nc1cccc(C(=O)NCc2ccccn2)c1. The van der Waals surface area contributed by atoms with Crippen LogP contribution in [-0.2, 0) is 6.54 Å². The largest absolute Gasteiger partial charge is 0.480 e. The Hall–Kier alpha value is -3.74. The molecule has 1 aromatic carbocycles. The van der Waals surface area contributed by atoms with Gasteiger partial charge in [0.05, 0.1) is 19.3 Å². The van der Waals surface area contributed by atoms with Crippen LogP contribution in [0.4, 0.5) is 5.69 Å². The quantitative estimate of drug-likeness (QED) is 0.703. The first kappa shape index (κ1) is 18.1. The molecule has 0 saturated heterocycles. The summed E-state index contributed by atoms with van der Waals surface area (Å²) < 4.78 is 5.10. The van der Waals surface area contributed by atoms with Crippen molar-refractivity contribution in [1.29, 1.82) is 0 Å². The van der Waals surface area contributed by atoms with Crippen LogP contribution in [0.1, 0.15) is 26.4 Å². The summed E-state index contributed by atoms with van der Waals surface area (Å²) in [7, 11) is 1.45. The molecule has 136 valence electrons. The molecule has 3 aromatic rings. The third kappa shape index (κ3) is 4.66. The molecule has 2 heterocycles. The van der Waals surface area contributed by atoms with E-state index in [2.05, 4.69) is 20.6 Å². The van der Waals surface area contributed by atoms with Gasteiger partial charge in [-0.1, -0.05) is 12.1 Å². The number of hydrogen-bond acceptors (Lipinski definition) is 5. The minimum absolute atomic E-state index is 0.235. The minimum Gasteiger partial charge on any atom is -0.480 e. The van der Waals surface area contributed by atoms with E-state index < -0.39 is 0 Å². The van der Waals surface area contributed by atoms with Crippen molar-refractivity contribution >= 4 is 17.5 Å². The van der Waals surface area contributed by atoms with Crippen LogP contribution in [0, 0.1) is 0 Å². The maximum absolute atomic E-state index is 12.4. The fourth-order valence-electron chi connectivity index (χ4n) is 2.44. The van der Waals surface area contributed by atoms with E-state index in [0.29, 0.717) is 23.4 Å². The van der Waals surface area contributed by atoms with E-state index in [1.165, 1.54) is 7.11 Å². The Morgan fingerprint density at radius 3 is 2.59 bits per heavy atom. The molecular formula is C20H18N4O3. The summed E-state index contributed by atoms with van der Waals surface area (Å²) in [5.74, 6) is -0.388. The summed E-state index contributed by atoms with van der Waals surface area (Å²) in [6, 6.07) is 15.5. The molecule has 0 fully saturated rings. The van der Waals surface area contributed by atoms with Gasteiger partial charge in [0, 0.05) is 23.6 Å². The van der Waals surface area contributed by atoms with Gasteiger partial charge in [0.1, 0.15) is 5.56 Å². The Balaban J connectivity index is 1.68. The third-order valence-corrected chi connectivity index (χ3v) is 3.75. The fraction of sp³-hybridized carbons (Fsp3) is 0.100. The second kappa shape index (κ2) is 8.57. The highest BCUT2D eigenvalue weighted by Crippen LogP contribution is 2.17. The van der Waals surface area contributed by atoms with Crippen LogP contribution in [0.25, 0.3) is 0 Å². The van der Waals surface area contributed by atoms with Gasteiger partial charge in [-0.3, -0.25) is 14.6 Å². The van der Waals surface area contributed by atoms with Gasteiger partial charge in [0.15, 0.2) is 0 Å². The highest BCUT2D eigenvalue weighted by atomic mass is 16.5. The third-order valence-electron chi connectivity index (χ3n) is 3.75. The molecular weight excluding hydrogens is 344 g/mol. The highest BCUT2D eigenvalue weighted by molar-refractivity contribution is 6.06. The first-order valence-corrected chi connectivity index (χ1v) is 8.26. The predicted molar refractivity (Wildman–Crippen MR) is 101 cm³/mol. The standard InChI is InChI=1S/C20H18N4O3/c1-27-20-17(9-5-11-22-20)19(26)24-15-8-4-6-14(12-15)18(25)23-13-16-7-2-3-10-21-16/h2-12H,13H2,1H3,(H,23,25)(H,24,26). The predicted octanol–water partition coefficient (Wildman–Crippen LogP) is 2.67. The Labute approximate surface area is 156 Å². The van der Waals surface area contributed by atoms with E-state index in [-0.39, 0.29) is 17.7 Å². The molecule has 2 amide bonds. The van der Waals surface area contributed by atoms with E-state index in [4.69, 9.17) is 4.74 Å². The molecule has 7 heteroatoms. The van der Waals surface area contributed by atoms with Crippen LogP contribution in [0.15, 0.2) is 67.0 Å². The molecule has 27 heavy (non-hydrogen) atoms. The monoisotopic (exact) mass is 362 g/mol. The normalized spacial score (nSPS) is 10.1. The summed E-state index contributed by atoms with van der Waals surface area (Å²) in [6.07, 6.45) is 3.21. The van der Waals surface area contributed by atoms with E-state index in [1.807, 2.05) is 18.2 Å². The van der Waals surface area contributed by atoms with Crippen molar-refractivity contribution < 1.29 is 14.3 Å². The van der Waals surface area contributed by atoms with Gasteiger partial charge in [-0.15, -0.1) is 0 Å². The maximum Gasteiger partial charge on any atom is 0.261 e. The zero-order valence-corrected chi connectivity index (χ0v) is 14.7. The van der Waals surface area contributed by atoms with E-state index >= 15 is 0 Å². The van der Waals surface area contributed by atoms with Gasteiger partial charge in [-0.2, -0.15) is 0 Å². The summed E-state index contributed by atoms with van der Waals surface area (Å²) in [5, 5.41) is 5.55. The summed E-state index contributed by atoms with van der Waals surface area (Å²) in [4.78, 5) is 33.0. The van der Waals surface area contributed by atoms with Gasteiger partial charge in [-0.05, 0) is 42.5 Å². The number of aromatic nitrogens is 2. The molecule has 0 bridgehead atoms.